The third kappa shape index (κ3) is 3.86. The van der Waals surface area contributed by atoms with E-state index in [1.807, 2.05) is 6.92 Å². The second-order valence-electron chi connectivity index (χ2n) is 5.31. The van der Waals surface area contributed by atoms with Crippen molar-refractivity contribution in [2.75, 3.05) is 7.11 Å². The average Bonchev–Trinajstić information content (AvgIpc) is 2.80. The number of methoxy groups -OCH3 is 1. The zero-order chi connectivity index (χ0) is 13.8. The smallest absolute Gasteiger partial charge is 0.174 e. The van der Waals surface area contributed by atoms with E-state index in [0.29, 0.717) is 6.10 Å². The van der Waals surface area contributed by atoms with E-state index in [4.69, 9.17) is 15.2 Å². The zero-order valence-corrected chi connectivity index (χ0v) is 13.2. The molecule has 0 radical (unpaired) electrons. The normalized spacial score (nSPS) is 17.5. The van der Waals surface area contributed by atoms with Crippen molar-refractivity contribution in [1.82, 2.24) is 0 Å². The molecule has 0 bridgehead atoms. The molecule has 1 aromatic rings. The van der Waals surface area contributed by atoms with Crippen molar-refractivity contribution in [2.24, 2.45) is 5.73 Å². The molecule has 106 valence electrons. The molecule has 0 heterocycles. The number of hydrogen-bond acceptors (Lipinski definition) is 3. The van der Waals surface area contributed by atoms with Crippen LogP contribution >= 0.6 is 15.9 Å². The number of halogens is 1. The van der Waals surface area contributed by atoms with Gasteiger partial charge in [-0.15, -0.1) is 0 Å². The lowest BCUT2D eigenvalue weighted by Gasteiger charge is -2.18. The minimum absolute atomic E-state index is 0.139. The Morgan fingerprint density at radius 3 is 2.63 bits per heavy atom. The van der Waals surface area contributed by atoms with Gasteiger partial charge in [0.15, 0.2) is 11.5 Å². The van der Waals surface area contributed by atoms with Crippen LogP contribution in [0.5, 0.6) is 11.5 Å². The summed E-state index contributed by atoms with van der Waals surface area (Å²) in [6, 6.07) is 4.26. The van der Waals surface area contributed by atoms with Crippen LogP contribution in [0.25, 0.3) is 0 Å². The van der Waals surface area contributed by atoms with Gasteiger partial charge in [-0.25, -0.2) is 0 Å². The number of ether oxygens (including phenoxy) is 2. The molecule has 0 saturated heterocycles. The fraction of sp³-hybridized carbons (Fsp3) is 0.600. The second-order valence-corrected chi connectivity index (χ2v) is 6.17. The maximum absolute atomic E-state index is 6.10. The standard InChI is InChI=1S/C15H22BrNO2/c1-10(17)7-11-8-13(16)15(18-2)14(9-11)19-12-5-3-4-6-12/h8-10,12H,3-7,17H2,1-2H3. The Hall–Kier alpha value is -0.740. The second kappa shape index (κ2) is 6.62. The molecule has 3 nitrogen and oxygen atoms in total. The third-order valence-electron chi connectivity index (χ3n) is 3.43. The van der Waals surface area contributed by atoms with Crippen LogP contribution in [0.3, 0.4) is 0 Å². The summed E-state index contributed by atoms with van der Waals surface area (Å²) in [4.78, 5) is 0. The fourth-order valence-electron chi connectivity index (χ4n) is 2.58. The molecule has 1 unspecified atom stereocenters. The summed E-state index contributed by atoms with van der Waals surface area (Å²) in [7, 11) is 1.67. The van der Waals surface area contributed by atoms with Crippen molar-refractivity contribution in [1.29, 1.82) is 0 Å². The summed E-state index contributed by atoms with van der Waals surface area (Å²) < 4.78 is 12.5. The van der Waals surface area contributed by atoms with Gasteiger partial charge in [0.05, 0.1) is 17.7 Å². The van der Waals surface area contributed by atoms with Crippen LogP contribution in [0.15, 0.2) is 16.6 Å². The van der Waals surface area contributed by atoms with Crippen molar-refractivity contribution in [2.45, 2.75) is 51.2 Å². The van der Waals surface area contributed by atoms with E-state index in [2.05, 4.69) is 28.1 Å². The fourth-order valence-corrected chi connectivity index (χ4v) is 3.23. The first-order valence-corrected chi connectivity index (χ1v) is 7.68. The van der Waals surface area contributed by atoms with Gasteiger partial charge in [-0.2, -0.15) is 0 Å². The first-order chi connectivity index (χ1) is 9.10. The highest BCUT2D eigenvalue weighted by atomic mass is 79.9. The summed E-state index contributed by atoms with van der Waals surface area (Å²) in [6.45, 7) is 2.01. The van der Waals surface area contributed by atoms with Gasteiger partial charge >= 0.3 is 0 Å². The van der Waals surface area contributed by atoms with E-state index in [0.717, 1.165) is 35.2 Å². The first kappa shape index (κ1) is 14.7. The van der Waals surface area contributed by atoms with E-state index in [-0.39, 0.29) is 6.04 Å². The average molecular weight is 328 g/mol. The monoisotopic (exact) mass is 327 g/mol. The van der Waals surface area contributed by atoms with Crippen molar-refractivity contribution in [3.8, 4) is 11.5 Å². The van der Waals surface area contributed by atoms with E-state index in [1.54, 1.807) is 7.11 Å². The Bertz CT molecular complexity index is 428. The maximum atomic E-state index is 6.10. The molecule has 0 aliphatic heterocycles. The summed E-state index contributed by atoms with van der Waals surface area (Å²) in [5, 5.41) is 0. The Labute approximate surface area is 123 Å². The summed E-state index contributed by atoms with van der Waals surface area (Å²) in [5.41, 5.74) is 7.05. The van der Waals surface area contributed by atoms with Gasteiger partial charge < -0.3 is 15.2 Å². The van der Waals surface area contributed by atoms with Crippen LogP contribution < -0.4 is 15.2 Å². The van der Waals surface area contributed by atoms with Crippen LogP contribution in [-0.4, -0.2) is 19.3 Å². The molecule has 2 N–H and O–H groups in total. The summed E-state index contributed by atoms with van der Waals surface area (Å²) in [5.74, 6) is 1.61. The zero-order valence-electron chi connectivity index (χ0n) is 11.6. The van der Waals surface area contributed by atoms with Gasteiger partial charge in [0.2, 0.25) is 0 Å². The molecule has 1 atom stereocenters. The summed E-state index contributed by atoms with van der Waals surface area (Å²) in [6.07, 6.45) is 5.95. The van der Waals surface area contributed by atoms with Crippen molar-refractivity contribution in [3.63, 3.8) is 0 Å². The lowest BCUT2D eigenvalue weighted by Crippen LogP contribution is -2.18. The first-order valence-electron chi connectivity index (χ1n) is 6.88. The van der Waals surface area contributed by atoms with E-state index >= 15 is 0 Å². The van der Waals surface area contributed by atoms with Gasteiger partial charge in [-0.3, -0.25) is 0 Å². The van der Waals surface area contributed by atoms with E-state index in [1.165, 1.54) is 18.4 Å². The molecule has 1 fully saturated rings. The van der Waals surface area contributed by atoms with Crippen LogP contribution in [0, 0.1) is 0 Å². The SMILES string of the molecule is COc1c(Br)cc(CC(C)N)cc1OC1CCCC1. The molecule has 0 aromatic heterocycles. The van der Waals surface area contributed by atoms with Gasteiger partial charge in [0, 0.05) is 6.04 Å². The van der Waals surface area contributed by atoms with E-state index < -0.39 is 0 Å². The number of hydrogen-bond donors (Lipinski definition) is 1. The number of nitrogens with two attached hydrogens (primary N) is 1. The molecule has 19 heavy (non-hydrogen) atoms. The molecular formula is C15H22BrNO2. The lowest BCUT2D eigenvalue weighted by atomic mass is 10.1. The number of rotatable bonds is 5. The van der Waals surface area contributed by atoms with Gasteiger partial charge in [0.1, 0.15) is 0 Å². The molecular weight excluding hydrogens is 306 g/mol. The lowest BCUT2D eigenvalue weighted by molar-refractivity contribution is 0.200. The Morgan fingerprint density at radius 2 is 2.05 bits per heavy atom. The Balaban J connectivity index is 2.23. The molecule has 1 aliphatic carbocycles. The highest BCUT2D eigenvalue weighted by Crippen LogP contribution is 2.38. The van der Waals surface area contributed by atoms with E-state index in [9.17, 15) is 0 Å². The van der Waals surface area contributed by atoms with Crippen molar-refractivity contribution >= 4 is 15.9 Å². The molecule has 1 saturated carbocycles. The number of benzene rings is 1. The highest BCUT2D eigenvalue weighted by molar-refractivity contribution is 9.10. The predicted molar refractivity (Wildman–Crippen MR) is 80.9 cm³/mol. The maximum Gasteiger partial charge on any atom is 0.174 e. The Morgan fingerprint density at radius 1 is 1.37 bits per heavy atom. The molecule has 4 heteroatoms. The third-order valence-corrected chi connectivity index (χ3v) is 4.02. The molecule has 0 amide bonds. The van der Waals surface area contributed by atoms with Crippen LogP contribution in [-0.2, 0) is 6.42 Å². The van der Waals surface area contributed by atoms with Gasteiger partial charge in [0.25, 0.3) is 0 Å². The topological polar surface area (TPSA) is 44.5 Å². The molecule has 1 aromatic carbocycles. The van der Waals surface area contributed by atoms with Gasteiger partial charge in [-0.05, 0) is 72.7 Å². The van der Waals surface area contributed by atoms with Gasteiger partial charge in [-0.1, -0.05) is 0 Å². The molecule has 2 rings (SSSR count). The van der Waals surface area contributed by atoms with Crippen LogP contribution in [0.1, 0.15) is 38.2 Å². The minimum Gasteiger partial charge on any atom is -0.492 e. The summed E-state index contributed by atoms with van der Waals surface area (Å²) >= 11 is 3.55. The quantitative estimate of drug-likeness (QED) is 0.897. The molecule has 0 spiro atoms. The Kier molecular flexibility index (Phi) is 5.11. The highest BCUT2D eigenvalue weighted by Gasteiger charge is 2.20. The predicted octanol–water partition coefficient (Wildman–Crippen LogP) is 3.67. The van der Waals surface area contributed by atoms with Crippen molar-refractivity contribution < 1.29 is 9.47 Å². The molecule has 1 aliphatic rings. The largest absolute Gasteiger partial charge is 0.492 e. The van der Waals surface area contributed by atoms with Crippen LogP contribution in [0.4, 0.5) is 0 Å². The minimum atomic E-state index is 0.139. The van der Waals surface area contributed by atoms with Crippen molar-refractivity contribution in [3.05, 3.63) is 22.2 Å². The van der Waals surface area contributed by atoms with Crippen LogP contribution in [0.2, 0.25) is 0 Å².